The highest BCUT2D eigenvalue weighted by atomic mass is 16.4. The minimum atomic E-state index is -1.15. The lowest BCUT2D eigenvalue weighted by atomic mass is 10.1. The average Bonchev–Trinajstić information content (AvgIpc) is 2.89. The number of nitrogens with one attached hydrogen (secondary N) is 1. The number of hydrogen-bond donors (Lipinski definition) is 2. The molecule has 2 aromatic rings. The van der Waals surface area contributed by atoms with E-state index >= 15 is 0 Å². The first-order valence-electron chi connectivity index (χ1n) is 7.08. The summed E-state index contributed by atoms with van der Waals surface area (Å²) in [5.74, 6) is -1.36. The third-order valence-electron chi connectivity index (χ3n) is 3.12. The summed E-state index contributed by atoms with van der Waals surface area (Å²) in [6.07, 6.45) is 1.19. The van der Waals surface area contributed by atoms with Crippen LogP contribution in [0.15, 0.2) is 30.3 Å². The standard InChI is InChI=1S/C15H18N4O3/c1-2-8-16-13(20)10-19-12(14(15(21)22)17-18-19)9-11-6-4-3-5-7-11/h3-7H,2,8-10H2,1H3,(H,16,20)(H,21,22). The van der Waals surface area contributed by atoms with Gasteiger partial charge >= 0.3 is 5.97 Å². The van der Waals surface area contributed by atoms with Crippen LogP contribution in [0.3, 0.4) is 0 Å². The Labute approximate surface area is 128 Å². The first-order chi connectivity index (χ1) is 10.6. The number of hydrogen-bond acceptors (Lipinski definition) is 4. The number of amides is 1. The van der Waals surface area contributed by atoms with Crippen LogP contribution < -0.4 is 5.32 Å². The van der Waals surface area contributed by atoms with Crippen molar-refractivity contribution in [2.45, 2.75) is 26.3 Å². The maximum absolute atomic E-state index is 11.8. The monoisotopic (exact) mass is 302 g/mol. The van der Waals surface area contributed by atoms with E-state index in [-0.39, 0.29) is 18.1 Å². The van der Waals surface area contributed by atoms with E-state index < -0.39 is 5.97 Å². The minimum Gasteiger partial charge on any atom is -0.476 e. The van der Waals surface area contributed by atoms with Crippen LogP contribution in [0.4, 0.5) is 0 Å². The predicted octanol–water partition coefficient (Wildman–Crippen LogP) is 1.09. The van der Waals surface area contributed by atoms with Gasteiger partial charge in [0.1, 0.15) is 6.54 Å². The molecule has 0 aliphatic rings. The van der Waals surface area contributed by atoms with E-state index in [1.165, 1.54) is 4.68 Å². The Hall–Kier alpha value is -2.70. The number of carbonyl (C=O) groups is 2. The molecular weight excluding hydrogens is 284 g/mol. The van der Waals surface area contributed by atoms with Crippen LogP contribution in [0.2, 0.25) is 0 Å². The van der Waals surface area contributed by atoms with Gasteiger partial charge in [0.15, 0.2) is 5.69 Å². The summed E-state index contributed by atoms with van der Waals surface area (Å²) in [6.45, 7) is 2.49. The van der Waals surface area contributed by atoms with Crippen LogP contribution in [0.1, 0.15) is 35.1 Å². The lowest BCUT2D eigenvalue weighted by molar-refractivity contribution is -0.121. The van der Waals surface area contributed by atoms with Crippen molar-refractivity contribution in [2.75, 3.05) is 6.54 Å². The van der Waals surface area contributed by atoms with Gasteiger partial charge in [-0.15, -0.1) is 5.10 Å². The van der Waals surface area contributed by atoms with Gasteiger partial charge in [0, 0.05) is 13.0 Å². The molecule has 0 aliphatic heterocycles. The molecule has 2 rings (SSSR count). The second-order valence-corrected chi connectivity index (χ2v) is 4.86. The van der Waals surface area contributed by atoms with Crippen molar-refractivity contribution in [1.29, 1.82) is 0 Å². The largest absolute Gasteiger partial charge is 0.476 e. The van der Waals surface area contributed by atoms with Crippen molar-refractivity contribution in [1.82, 2.24) is 20.3 Å². The summed E-state index contributed by atoms with van der Waals surface area (Å²) in [5.41, 5.74) is 1.24. The van der Waals surface area contributed by atoms with Gasteiger partial charge in [-0.25, -0.2) is 9.48 Å². The van der Waals surface area contributed by atoms with Gasteiger partial charge in [0.25, 0.3) is 0 Å². The number of carbonyl (C=O) groups excluding carboxylic acids is 1. The number of nitrogens with zero attached hydrogens (tertiary/aromatic N) is 3. The number of aromatic carboxylic acids is 1. The Morgan fingerprint density at radius 1 is 1.27 bits per heavy atom. The van der Waals surface area contributed by atoms with Crippen molar-refractivity contribution >= 4 is 11.9 Å². The molecule has 0 bridgehead atoms. The smallest absolute Gasteiger partial charge is 0.358 e. The molecule has 1 aromatic heterocycles. The van der Waals surface area contributed by atoms with Gasteiger partial charge in [0.05, 0.1) is 5.69 Å². The summed E-state index contributed by atoms with van der Waals surface area (Å²) in [6, 6.07) is 9.41. The van der Waals surface area contributed by atoms with E-state index in [1.807, 2.05) is 37.3 Å². The Balaban J connectivity index is 2.23. The molecule has 0 saturated carbocycles. The summed E-state index contributed by atoms with van der Waals surface area (Å²) in [4.78, 5) is 23.1. The molecule has 1 amide bonds. The molecule has 0 fully saturated rings. The zero-order valence-electron chi connectivity index (χ0n) is 12.3. The zero-order valence-corrected chi connectivity index (χ0v) is 12.3. The van der Waals surface area contributed by atoms with Gasteiger partial charge in [-0.2, -0.15) is 0 Å². The first-order valence-corrected chi connectivity index (χ1v) is 7.08. The molecule has 0 radical (unpaired) electrons. The van der Waals surface area contributed by atoms with Crippen LogP contribution in [-0.4, -0.2) is 38.5 Å². The molecule has 0 saturated heterocycles. The molecule has 1 aromatic carbocycles. The Morgan fingerprint density at radius 2 is 2.00 bits per heavy atom. The minimum absolute atomic E-state index is 0.0392. The Kier molecular flexibility index (Phi) is 5.24. The van der Waals surface area contributed by atoms with E-state index in [4.69, 9.17) is 0 Å². The molecule has 0 atom stereocenters. The molecule has 0 unspecified atom stereocenters. The molecule has 7 nitrogen and oxygen atoms in total. The van der Waals surface area contributed by atoms with Crippen molar-refractivity contribution in [3.63, 3.8) is 0 Å². The molecule has 2 N–H and O–H groups in total. The van der Waals surface area contributed by atoms with Gasteiger partial charge in [0.2, 0.25) is 5.91 Å². The molecule has 7 heteroatoms. The van der Waals surface area contributed by atoms with E-state index in [2.05, 4.69) is 15.6 Å². The molecule has 0 spiro atoms. The van der Waals surface area contributed by atoms with E-state index in [1.54, 1.807) is 0 Å². The zero-order chi connectivity index (χ0) is 15.9. The van der Waals surface area contributed by atoms with Gasteiger partial charge in [-0.1, -0.05) is 42.5 Å². The van der Waals surface area contributed by atoms with Crippen LogP contribution in [0, 0.1) is 0 Å². The van der Waals surface area contributed by atoms with Crippen LogP contribution >= 0.6 is 0 Å². The van der Waals surface area contributed by atoms with Crippen molar-refractivity contribution in [3.8, 4) is 0 Å². The molecule has 0 aliphatic carbocycles. The molecule has 1 heterocycles. The fourth-order valence-electron chi connectivity index (χ4n) is 2.05. The quantitative estimate of drug-likeness (QED) is 0.798. The number of rotatable bonds is 7. The highest BCUT2D eigenvalue weighted by Crippen LogP contribution is 2.12. The average molecular weight is 302 g/mol. The van der Waals surface area contributed by atoms with Crippen molar-refractivity contribution in [2.24, 2.45) is 0 Å². The van der Waals surface area contributed by atoms with Crippen molar-refractivity contribution < 1.29 is 14.7 Å². The fraction of sp³-hybridized carbons (Fsp3) is 0.333. The predicted molar refractivity (Wildman–Crippen MR) is 79.5 cm³/mol. The second-order valence-electron chi connectivity index (χ2n) is 4.86. The third kappa shape index (κ3) is 3.91. The maximum Gasteiger partial charge on any atom is 0.358 e. The summed E-state index contributed by atoms with van der Waals surface area (Å²) in [7, 11) is 0. The number of benzene rings is 1. The highest BCUT2D eigenvalue weighted by Gasteiger charge is 2.20. The van der Waals surface area contributed by atoms with Crippen LogP contribution in [-0.2, 0) is 17.8 Å². The van der Waals surface area contributed by atoms with E-state index in [0.29, 0.717) is 18.7 Å². The van der Waals surface area contributed by atoms with Crippen molar-refractivity contribution in [3.05, 3.63) is 47.3 Å². The van der Waals surface area contributed by atoms with Gasteiger partial charge < -0.3 is 10.4 Å². The SMILES string of the molecule is CCCNC(=O)Cn1nnc(C(=O)O)c1Cc1ccccc1. The van der Waals surface area contributed by atoms with Crippen LogP contribution in [0.5, 0.6) is 0 Å². The van der Waals surface area contributed by atoms with E-state index in [9.17, 15) is 14.7 Å². The normalized spacial score (nSPS) is 10.4. The number of aromatic nitrogens is 3. The van der Waals surface area contributed by atoms with Crippen LogP contribution in [0.25, 0.3) is 0 Å². The lowest BCUT2D eigenvalue weighted by Crippen LogP contribution is -2.29. The maximum atomic E-state index is 11.8. The number of carboxylic acids is 1. The Morgan fingerprint density at radius 3 is 2.64 bits per heavy atom. The third-order valence-corrected chi connectivity index (χ3v) is 3.12. The van der Waals surface area contributed by atoms with Gasteiger partial charge in [-0.05, 0) is 12.0 Å². The first kappa shape index (κ1) is 15.7. The molecule has 116 valence electrons. The molecule has 22 heavy (non-hydrogen) atoms. The van der Waals surface area contributed by atoms with E-state index in [0.717, 1.165) is 12.0 Å². The summed E-state index contributed by atoms with van der Waals surface area (Å²) < 4.78 is 1.35. The highest BCUT2D eigenvalue weighted by molar-refractivity contribution is 5.86. The Bertz CT molecular complexity index is 652. The van der Waals surface area contributed by atoms with Gasteiger partial charge in [-0.3, -0.25) is 4.79 Å². The number of carboxylic acid groups (broad SMARTS) is 1. The topological polar surface area (TPSA) is 97.1 Å². The fourth-order valence-corrected chi connectivity index (χ4v) is 2.05. The molecular formula is C15H18N4O3. The lowest BCUT2D eigenvalue weighted by Gasteiger charge is -2.08. The second kappa shape index (κ2) is 7.35. The summed E-state index contributed by atoms with van der Waals surface area (Å²) >= 11 is 0. The summed E-state index contributed by atoms with van der Waals surface area (Å²) in [5, 5.41) is 19.4.